The van der Waals surface area contributed by atoms with Crippen molar-refractivity contribution < 1.29 is 9.90 Å². The van der Waals surface area contributed by atoms with Gasteiger partial charge in [-0.1, -0.05) is 32.9 Å². The molecule has 2 amide bonds. The van der Waals surface area contributed by atoms with E-state index >= 15 is 0 Å². The van der Waals surface area contributed by atoms with Gasteiger partial charge in [0, 0.05) is 23.3 Å². The van der Waals surface area contributed by atoms with Crippen molar-refractivity contribution in [2.24, 2.45) is 5.92 Å². The van der Waals surface area contributed by atoms with Crippen molar-refractivity contribution in [2.45, 2.75) is 50.3 Å². The predicted molar refractivity (Wildman–Crippen MR) is 93.3 cm³/mol. The highest BCUT2D eigenvalue weighted by Gasteiger charge is 2.10. The molecule has 1 rings (SSSR count). The Morgan fingerprint density at radius 2 is 1.82 bits per heavy atom. The zero-order chi connectivity index (χ0) is 16.5. The lowest BCUT2D eigenvalue weighted by atomic mass is 10.1. The summed E-state index contributed by atoms with van der Waals surface area (Å²) in [7, 11) is 0. The van der Waals surface area contributed by atoms with E-state index in [9.17, 15) is 4.79 Å². The average Bonchev–Trinajstić information content (AvgIpc) is 2.45. The number of urea groups is 1. The van der Waals surface area contributed by atoms with E-state index in [1.54, 1.807) is 0 Å². The Bertz CT molecular complexity index is 448. The van der Waals surface area contributed by atoms with Crippen LogP contribution in [0.15, 0.2) is 29.2 Å². The summed E-state index contributed by atoms with van der Waals surface area (Å²) in [6.45, 7) is 9.05. The third kappa shape index (κ3) is 7.18. The second-order valence-electron chi connectivity index (χ2n) is 5.93. The van der Waals surface area contributed by atoms with Crippen LogP contribution in [-0.2, 0) is 0 Å². The van der Waals surface area contributed by atoms with Crippen molar-refractivity contribution in [3.8, 4) is 0 Å². The van der Waals surface area contributed by atoms with Crippen LogP contribution in [-0.4, -0.2) is 29.5 Å². The molecule has 1 aromatic carbocycles. The minimum Gasteiger partial charge on any atom is -0.396 e. The highest BCUT2D eigenvalue weighted by atomic mass is 32.2. The van der Waals surface area contributed by atoms with Crippen molar-refractivity contribution in [1.29, 1.82) is 0 Å². The zero-order valence-electron chi connectivity index (χ0n) is 13.9. The van der Waals surface area contributed by atoms with Gasteiger partial charge in [0.05, 0.1) is 6.04 Å². The van der Waals surface area contributed by atoms with Gasteiger partial charge in [0.1, 0.15) is 0 Å². The molecule has 0 fully saturated rings. The molecule has 1 aromatic rings. The molecule has 0 aromatic heterocycles. The van der Waals surface area contributed by atoms with E-state index in [0.717, 1.165) is 5.56 Å². The van der Waals surface area contributed by atoms with Gasteiger partial charge >= 0.3 is 6.03 Å². The van der Waals surface area contributed by atoms with E-state index in [2.05, 4.69) is 48.7 Å². The standard InChI is InChI=1S/C17H28N2O2S/c1-12(2)22-16-7-5-15(6-8-16)14(4)19-17(21)18-11-13(3)9-10-20/h5-8,12-14,20H,9-11H2,1-4H3,(H2,18,19,21). The summed E-state index contributed by atoms with van der Waals surface area (Å²) >= 11 is 1.83. The predicted octanol–water partition coefficient (Wildman–Crippen LogP) is 3.57. The highest BCUT2D eigenvalue weighted by molar-refractivity contribution is 7.99. The largest absolute Gasteiger partial charge is 0.396 e. The number of amides is 2. The Morgan fingerprint density at radius 1 is 1.18 bits per heavy atom. The lowest BCUT2D eigenvalue weighted by Gasteiger charge is -2.17. The van der Waals surface area contributed by atoms with Gasteiger partial charge in [0.15, 0.2) is 0 Å². The van der Waals surface area contributed by atoms with Gasteiger partial charge in [0.25, 0.3) is 0 Å². The first-order chi connectivity index (χ1) is 10.4. The summed E-state index contributed by atoms with van der Waals surface area (Å²) in [6.07, 6.45) is 0.699. The molecule has 2 atom stereocenters. The first-order valence-corrected chi connectivity index (χ1v) is 8.72. The van der Waals surface area contributed by atoms with Crippen LogP contribution in [0.4, 0.5) is 4.79 Å². The molecule has 0 saturated heterocycles. The summed E-state index contributed by atoms with van der Waals surface area (Å²) in [5.74, 6) is 0.276. The third-order valence-electron chi connectivity index (χ3n) is 3.33. The maximum Gasteiger partial charge on any atom is 0.315 e. The van der Waals surface area contributed by atoms with Crippen LogP contribution < -0.4 is 10.6 Å². The van der Waals surface area contributed by atoms with Gasteiger partial charge < -0.3 is 15.7 Å². The molecule has 0 spiro atoms. The van der Waals surface area contributed by atoms with Crippen LogP contribution in [0.2, 0.25) is 0 Å². The second-order valence-corrected chi connectivity index (χ2v) is 7.58. The van der Waals surface area contributed by atoms with E-state index in [0.29, 0.717) is 18.2 Å². The second kappa shape index (κ2) is 9.74. The Balaban J connectivity index is 2.43. The number of carbonyl (C=O) groups is 1. The Morgan fingerprint density at radius 3 is 2.36 bits per heavy atom. The number of aliphatic hydroxyl groups is 1. The zero-order valence-corrected chi connectivity index (χ0v) is 14.7. The van der Waals surface area contributed by atoms with Crippen LogP contribution in [0, 0.1) is 5.92 Å². The van der Waals surface area contributed by atoms with Crippen LogP contribution in [0.25, 0.3) is 0 Å². The maximum atomic E-state index is 11.9. The van der Waals surface area contributed by atoms with Gasteiger partial charge in [-0.15, -0.1) is 11.8 Å². The first-order valence-electron chi connectivity index (χ1n) is 7.84. The molecule has 0 radical (unpaired) electrons. The molecule has 0 saturated carbocycles. The fourth-order valence-corrected chi connectivity index (χ4v) is 2.87. The van der Waals surface area contributed by atoms with Crippen LogP contribution in [0.5, 0.6) is 0 Å². The first kappa shape index (κ1) is 18.8. The number of nitrogens with one attached hydrogen (secondary N) is 2. The van der Waals surface area contributed by atoms with Crippen LogP contribution >= 0.6 is 11.8 Å². The van der Waals surface area contributed by atoms with Gasteiger partial charge in [-0.2, -0.15) is 0 Å². The molecular formula is C17H28N2O2S. The average molecular weight is 324 g/mol. The summed E-state index contributed by atoms with van der Waals surface area (Å²) in [5.41, 5.74) is 1.09. The van der Waals surface area contributed by atoms with Gasteiger partial charge in [0.2, 0.25) is 0 Å². The summed E-state index contributed by atoms with van der Waals surface area (Å²) in [4.78, 5) is 13.1. The van der Waals surface area contributed by atoms with Gasteiger partial charge in [-0.25, -0.2) is 4.79 Å². The van der Waals surface area contributed by atoms with Crippen LogP contribution in [0.3, 0.4) is 0 Å². The van der Waals surface area contributed by atoms with E-state index in [4.69, 9.17) is 5.11 Å². The van der Waals surface area contributed by atoms with Crippen molar-refractivity contribution in [2.75, 3.05) is 13.2 Å². The Hall–Kier alpha value is -1.20. The van der Waals surface area contributed by atoms with Crippen molar-refractivity contribution in [1.82, 2.24) is 10.6 Å². The van der Waals surface area contributed by atoms with E-state index in [-0.39, 0.29) is 24.6 Å². The minimum atomic E-state index is -0.169. The number of rotatable bonds is 8. The number of carbonyl (C=O) groups excluding carboxylic acids is 1. The lowest BCUT2D eigenvalue weighted by Crippen LogP contribution is -2.39. The van der Waals surface area contributed by atoms with Gasteiger partial charge in [-0.05, 0) is 37.0 Å². The summed E-state index contributed by atoms with van der Waals surface area (Å²) in [5, 5.41) is 15.2. The van der Waals surface area contributed by atoms with Crippen molar-refractivity contribution in [3.63, 3.8) is 0 Å². The quantitative estimate of drug-likeness (QED) is 0.641. The summed E-state index contributed by atoms with van der Waals surface area (Å²) in [6, 6.07) is 8.11. The van der Waals surface area contributed by atoms with Crippen molar-refractivity contribution >= 4 is 17.8 Å². The fourth-order valence-electron chi connectivity index (χ4n) is 2.03. The van der Waals surface area contributed by atoms with E-state index < -0.39 is 0 Å². The smallest absolute Gasteiger partial charge is 0.315 e. The van der Waals surface area contributed by atoms with Crippen molar-refractivity contribution in [3.05, 3.63) is 29.8 Å². The molecule has 2 unspecified atom stereocenters. The highest BCUT2D eigenvalue weighted by Crippen LogP contribution is 2.24. The molecule has 124 valence electrons. The third-order valence-corrected chi connectivity index (χ3v) is 4.35. The van der Waals surface area contributed by atoms with Gasteiger partial charge in [-0.3, -0.25) is 0 Å². The lowest BCUT2D eigenvalue weighted by molar-refractivity contribution is 0.231. The Labute approximate surface area is 138 Å². The number of benzene rings is 1. The molecule has 0 bridgehead atoms. The SMILES string of the molecule is CC(CCO)CNC(=O)NC(C)c1ccc(SC(C)C)cc1. The molecule has 0 heterocycles. The number of thioether (sulfide) groups is 1. The normalized spacial score (nSPS) is 13.7. The monoisotopic (exact) mass is 324 g/mol. The molecule has 3 N–H and O–H groups in total. The fraction of sp³-hybridized carbons (Fsp3) is 0.588. The maximum absolute atomic E-state index is 11.9. The number of hydrogen-bond acceptors (Lipinski definition) is 3. The minimum absolute atomic E-state index is 0.0359. The molecule has 4 nitrogen and oxygen atoms in total. The van der Waals surface area contributed by atoms with E-state index in [1.165, 1.54) is 4.90 Å². The van der Waals surface area contributed by atoms with Crippen LogP contribution in [0.1, 0.15) is 45.7 Å². The number of hydrogen-bond donors (Lipinski definition) is 3. The molecular weight excluding hydrogens is 296 g/mol. The number of aliphatic hydroxyl groups excluding tert-OH is 1. The molecule has 5 heteroatoms. The topological polar surface area (TPSA) is 61.4 Å². The van der Waals surface area contributed by atoms with E-state index in [1.807, 2.05) is 25.6 Å². The summed E-state index contributed by atoms with van der Waals surface area (Å²) < 4.78 is 0. The Kier molecular flexibility index (Phi) is 8.35. The molecule has 0 aliphatic carbocycles. The molecule has 0 aliphatic rings. The molecule has 22 heavy (non-hydrogen) atoms. The molecule has 0 aliphatic heterocycles.